The van der Waals surface area contributed by atoms with Gasteiger partial charge >= 0.3 is 0 Å². The van der Waals surface area contributed by atoms with Gasteiger partial charge in [0, 0.05) is 28.3 Å². The van der Waals surface area contributed by atoms with Gasteiger partial charge in [-0.25, -0.2) is 4.98 Å². The van der Waals surface area contributed by atoms with Crippen LogP contribution in [-0.4, -0.2) is 16.6 Å². The Kier molecular flexibility index (Phi) is 6.36. The van der Waals surface area contributed by atoms with E-state index in [0.29, 0.717) is 22.2 Å². The number of nitrogens with zero attached hydrogens (tertiary/aromatic N) is 1. The molecule has 0 aliphatic carbocycles. The largest absolute Gasteiger partial charge is 0.325 e. The molecule has 0 saturated heterocycles. The molecule has 0 radical (unpaired) electrons. The number of anilines is 1. The second-order valence-electron chi connectivity index (χ2n) is 4.33. The van der Waals surface area contributed by atoms with Crippen LogP contribution in [0.2, 0.25) is 10.0 Å². The minimum atomic E-state index is -0.0545. The van der Waals surface area contributed by atoms with Gasteiger partial charge in [-0.05, 0) is 25.1 Å². The molecule has 0 spiro atoms. The number of hydrogen-bond donors (Lipinski definition) is 1. The van der Waals surface area contributed by atoms with Crippen LogP contribution in [0.25, 0.3) is 0 Å². The normalized spacial score (nSPS) is 10.6. The summed E-state index contributed by atoms with van der Waals surface area (Å²) in [6.07, 6.45) is 0.437. The van der Waals surface area contributed by atoms with Crippen LogP contribution in [0.4, 0.5) is 5.69 Å². The van der Waals surface area contributed by atoms with Crippen LogP contribution in [0.15, 0.2) is 23.6 Å². The Morgan fingerprint density at radius 1 is 1.43 bits per heavy atom. The van der Waals surface area contributed by atoms with E-state index in [-0.39, 0.29) is 5.91 Å². The number of carbonyl (C=O) groups excluding carboxylic acids is 1. The number of hydrogen-bond acceptors (Lipinski definition) is 4. The summed E-state index contributed by atoms with van der Waals surface area (Å²) in [7, 11) is 0. The summed E-state index contributed by atoms with van der Waals surface area (Å²) in [5.74, 6) is 1.52. The monoisotopic (exact) mass is 360 g/mol. The van der Waals surface area contributed by atoms with Gasteiger partial charge in [0.1, 0.15) is 0 Å². The molecule has 3 nitrogen and oxygen atoms in total. The highest BCUT2D eigenvalue weighted by Crippen LogP contribution is 2.25. The van der Waals surface area contributed by atoms with E-state index in [2.05, 4.69) is 15.7 Å². The molecule has 0 unspecified atom stereocenters. The van der Waals surface area contributed by atoms with Crippen LogP contribution in [0.5, 0.6) is 0 Å². The van der Waals surface area contributed by atoms with Crippen molar-refractivity contribution in [3.63, 3.8) is 0 Å². The fourth-order valence-electron chi connectivity index (χ4n) is 1.62. The SMILES string of the molecule is Cc1nc(CSCCC(=O)Nc2ccc(Cl)cc2Cl)cs1. The lowest BCUT2D eigenvalue weighted by Crippen LogP contribution is -2.12. The maximum absolute atomic E-state index is 11.8. The maximum Gasteiger partial charge on any atom is 0.225 e. The molecule has 21 heavy (non-hydrogen) atoms. The van der Waals surface area contributed by atoms with Crippen LogP contribution in [0.3, 0.4) is 0 Å². The first-order valence-electron chi connectivity index (χ1n) is 6.28. The maximum atomic E-state index is 11.8. The lowest BCUT2D eigenvalue weighted by atomic mass is 10.3. The Bertz CT molecular complexity index is 631. The third kappa shape index (κ3) is 5.51. The lowest BCUT2D eigenvalue weighted by molar-refractivity contribution is -0.115. The Labute approximate surface area is 142 Å². The van der Waals surface area contributed by atoms with Gasteiger partial charge in [0.25, 0.3) is 0 Å². The van der Waals surface area contributed by atoms with Crippen LogP contribution < -0.4 is 5.32 Å². The molecule has 0 fully saturated rings. The first kappa shape index (κ1) is 16.6. The minimum absolute atomic E-state index is 0.0545. The zero-order valence-electron chi connectivity index (χ0n) is 11.4. The summed E-state index contributed by atoms with van der Waals surface area (Å²) < 4.78 is 0. The zero-order chi connectivity index (χ0) is 15.2. The predicted octanol–water partition coefficient (Wildman–Crippen LogP) is 5.02. The second kappa shape index (κ2) is 8.03. The Hall–Kier alpha value is -0.750. The highest BCUT2D eigenvalue weighted by atomic mass is 35.5. The smallest absolute Gasteiger partial charge is 0.225 e. The number of aromatic nitrogens is 1. The summed E-state index contributed by atoms with van der Waals surface area (Å²) in [6, 6.07) is 5.01. The molecule has 0 bridgehead atoms. The van der Waals surface area contributed by atoms with Crippen molar-refractivity contribution >= 4 is 57.9 Å². The molecule has 1 aromatic carbocycles. The molecule has 1 N–H and O–H groups in total. The Morgan fingerprint density at radius 2 is 2.24 bits per heavy atom. The lowest BCUT2D eigenvalue weighted by Gasteiger charge is -2.07. The quantitative estimate of drug-likeness (QED) is 0.735. The van der Waals surface area contributed by atoms with Crippen LogP contribution in [0.1, 0.15) is 17.1 Å². The van der Waals surface area contributed by atoms with Gasteiger partial charge in [-0.3, -0.25) is 4.79 Å². The van der Waals surface area contributed by atoms with E-state index in [1.54, 1.807) is 41.3 Å². The number of benzene rings is 1. The third-order valence-electron chi connectivity index (χ3n) is 2.60. The molecular formula is C14H14Cl2N2OS2. The molecule has 0 saturated carbocycles. The second-order valence-corrected chi connectivity index (χ2v) is 7.34. The molecule has 0 aliphatic rings. The summed E-state index contributed by atoms with van der Waals surface area (Å²) in [5, 5.41) is 6.90. The van der Waals surface area contributed by atoms with E-state index in [1.165, 1.54) is 0 Å². The molecule has 0 atom stereocenters. The van der Waals surface area contributed by atoms with Crippen molar-refractivity contribution in [1.82, 2.24) is 4.98 Å². The third-order valence-corrected chi connectivity index (χ3v) is 4.96. The van der Waals surface area contributed by atoms with Crippen molar-refractivity contribution in [2.75, 3.05) is 11.1 Å². The predicted molar refractivity (Wildman–Crippen MR) is 92.7 cm³/mol. The molecule has 1 amide bonds. The van der Waals surface area contributed by atoms with Crippen molar-refractivity contribution in [3.8, 4) is 0 Å². The average molecular weight is 361 g/mol. The summed E-state index contributed by atoms with van der Waals surface area (Å²) in [6.45, 7) is 1.99. The molecule has 2 rings (SSSR count). The van der Waals surface area contributed by atoms with Gasteiger partial charge in [-0.1, -0.05) is 23.2 Å². The van der Waals surface area contributed by atoms with Crippen molar-refractivity contribution in [2.24, 2.45) is 0 Å². The molecular weight excluding hydrogens is 347 g/mol. The number of thioether (sulfide) groups is 1. The Morgan fingerprint density at radius 3 is 2.90 bits per heavy atom. The molecule has 7 heteroatoms. The highest BCUT2D eigenvalue weighted by Gasteiger charge is 2.07. The van der Waals surface area contributed by atoms with Gasteiger partial charge in [-0.15, -0.1) is 11.3 Å². The van der Waals surface area contributed by atoms with E-state index >= 15 is 0 Å². The zero-order valence-corrected chi connectivity index (χ0v) is 14.5. The summed E-state index contributed by atoms with van der Waals surface area (Å²) in [4.78, 5) is 16.2. The van der Waals surface area contributed by atoms with Crippen LogP contribution >= 0.6 is 46.3 Å². The highest BCUT2D eigenvalue weighted by molar-refractivity contribution is 7.98. The number of amides is 1. The molecule has 2 aromatic rings. The van der Waals surface area contributed by atoms with E-state index in [0.717, 1.165) is 22.2 Å². The fourth-order valence-corrected chi connectivity index (χ4v) is 3.62. The van der Waals surface area contributed by atoms with Crippen LogP contribution in [-0.2, 0) is 10.5 Å². The van der Waals surface area contributed by atoms with E-state index in [4.69, 9.17) is 23.2 Å². The fraction of sp³-hybridized carbons (Fsp3) is 0.286. The molecule has 112 valence electrons. The summed E-state index contributed by atoms with van der Waals surface area (Å²) in [5.41, 5.74) is 1.66. The van der Waals surface area contributed by atoms with Crippen molar-refractivity contribution in [1.29, 1.82) is 0 Å². The van der Waals surface area contributed by atoms with E-state index in [9.17, 15) is 4.79 Å². The number of nitrogens with one attached hydrogen (secondary N) is 1. The van der Waals surface area contributed by atoms with Gasteiger partial charge < -0.3 is 5.32 Å². The Balaban J connectivity index is 1.72. The first-order valence-corrected chi connectivity index (χ1v) is 9.07. The minimum Gasteiger partial charge on any atom is -0.325 e. The number of carbonyl (C=O) groups is 1. The molecule has 1 heterocycles. The first-order chi connectivity index (χ1) is 10.0. The van der Waals surface area contributed by atoms with Gasteiger partial charge in [0.2, 0.25) is 5.91 Å². The van der Waals surface area contributed by atoms with E-state index < -0.39 is 0 Å². The van der Waals surface area contributed by atoms with E-state index in [1.807, 2.05) is 6.92 Å². The van der Waals surface area contributed by atoms with Crippen LogP contribution in [0, 0.1) is 6.92 Å². The topological polar surface area (TPSA) is 42.0 Å². The summed E-state index contributed by atoms with van der Waals surface area (Å²) >= 11 is 15.2. The number of rotatable bonds is 6. The number of thiazole rings is 1. The number of aryl methyl sites for hydroxylation is 1. The van der Waals surface area contributed by atoms with Crippen molar-refractivity contribution in [2.45, 2.75) is 19.1 Å². The van der Waals surface area contributed by atoms with Gasteiger partial charge in [-0.2, -0.15) is 11.8 Å². The molecule has 1 aromatic heterocycles. The number of halogens is 2. The molecule has 0 aliphatic heterocycles. The van der Waals surface area contributed by atoms with Crippen molar-refractivity contribution in [3.05, 3.63) is 44.3 Å². The average Bonchev–Trinajstić information content (AvgIpc) is 2.84. The van der Waals surface area contributed by atoms with Gasteiger partial charge in [0.15, 0.2) is 0 Å². The van der Waals surface area contributed by atoms with Crippen molar-refractivity contribution < 1.29 is 4.79 Å². The standard InChI is InChI=1S/C14H14Cl2N2OS2/c1-9-17-11(8-21-9)7-20-5-4-14(19)18-13-3-2-10(15)6-12(13)16/h2-3,6,8H,4-5,7H2,1H3,(H,18,19). The van der Waals surface area contributed by atoms with Gasteiger partial charge in [0.05, 0.1) is 21.4 Å².